The van der Waals surface area contributed by atoms with Gasteiger partial charge in [-0.15, -0.1) is 0 Å². The van der Waals surface area contributed by atoms with E-state index in [2.05, 4.69) is 54.6 Å². The Bertz CT molecular complexity index is 920. The fraction of sp³-hybridized carbons (Fsp3) is 0.444. The van der Waals surface area contributed by atoms with Crippen molar-refractivity contribution in [1.29, 1.82) is 0 Å². The second-order valence-electron chi connectivity index (χ2n) is 7.27. The van der Waals surface area contributed by atoms with E-state index < -0.39 is 0 Å². The van der Waals surface area contributed by atoms with Crippen LogP contribution in [-0.4, -0.2) is 51.1 Å². The Labute approximate surface area is 146 Å². The molecule has 0 spiro atoms. The topological polar surface area (TPSA) is 73.8 Å². The lowest BCUT2D eigenvalue weighted by molar-refractivity contribution is 0.533. The molecule has 0 radical (unpaired) electrons. The molecule has 2 unspecified atom stereocenters. The van der Waals surface area contributed by atoms with Crippen LogP contribution >= 0.6 is 0 Å². The summed E-state index contributed by atoms with van der Waals surface area (Å²) in [6, 6.07) is 2.08. The molecule has 0 amide bonds. The van der Waals surface area contributed by atoms with Crippen LogP contribution in [0.2, 0.25) is 0 Å². The molecule has 7 heteroatoms. The summed E-state index contributed by atoms with van der Waals surface area (Å²) in [6.07, 6.45) is 5.22. The fourth-order valence-electron chi connectivity index (χ4n) is 4.36. The number of nitrogens with zero attached hydrogens (tertiary/aromatic N) is 6. The largest absolute Gasteiger partial charge is 0.356 e. The van der Waals surface area contributed by atoms with Crippen LogP contribution in [0, 0.1) is 25.7 Å². The predicted molar refractivity (Wildman–Crippen MR) is 96.8 cm³/mol. The maximum Gasteiger partial charge on any atom is 0.156 e. The highest BCUT2D eigenvalue weighted by atomic mass is 15.3. The maximum atomic E-state index is 4.57. The molecule has 5 heterocycles. The predicted octanol–water partition coefficient (Wildman–Crippen LogP) is 1.94. The van der Waals surface area contributed by atoms with E-state index in [9.17, 15) is 0 Å². The summed E-state index contributed by atoms with van der Waals surface area (Å²) in [7, 11) is 0. The Balaban J connectivity index is 1.38. The van der Waals surface area contributed by atoms with Gasteiger partial charge in [0.15, 0.2) is 5.82 Å². The summed E-state index contributed by atoms with van der Waals surface area (Å²) in [5.41, 5.74) is 4.33. The van der Waals surface area contributed by atoms with Crippen LogP contribution in [0.1, 0.15) is 11.3 Å². The summed E-state index contributed by atoms with van der Waals surface area (Å²) in [5, 5.41) is 0. The number of aromatic amines is 1. The molecule has 5 rings (SSSR count). The molecule has 2 atom stereocenters. The monoisotopic (exact) mass is 335 g/mol. The Morgan fingerprint density at radius 1 is 0.920 bits per heavy atom. The first-order chi connectivity index (χ1) is 12.2. The minimum Gasteiger partial charge on any atom is -0.356 e. The third kappa shape index (κ3) is 2.33. The van der Waals surface area contributed by atoms with Crippen molar-refractivity contribution in [3.8, 4) is 0 Å². The highest BCUT2D eigenvalue weighted by molar-refractivity contribution is 5.86. The van der Waals surface area contributed by atoms with E-state index in [1.54, 1.807) is 12.7 Å². The summed E-state index contributed by atoms with van der Waals surface area (Å²) >= 11 is 0. The smallest absolute Gasteiger partial charge is 0.156 e. The molecule has 0 aliphatic carbocycles. The van der Waals surface area contributed by atoms with Gasteiger partial charge < -0.3 is 14.8 Å². The molecule has 7 nitrogen and oxygen atoms in total. The van der Waals surface area contributed by atoms with E-state index in [1.807, 2.05) is 6.20 Å². The molecule has 0 saturated carbocycles. The molecule has 0 aromatic carbocycles. The van der Waals surface area contributed by atoms with Crippen molar-refractivity contribution in [3.05, 3.63) is 36.2 Å². The van der Waals surface area contributed by atoms with Crippen LogP contribution < -0.4 is 9.80 Å². The molecule has 2 saturated heterocycles. The van der Waals surface area contributed by atoms with E-state index in [0.717, 1.165) is 60.1 Å². The first-order valence-electron chi connectivity index (χ1n) is 8.76. The van der Waals surface area contributed by atoms with Crippen molar-refractivity contribution >= 4 is 22.7 Å². The van der Waals surface area contributed by atoms with Crippen molar-refractivity contribution in [2.75, 3.05) is 36.0 Å². The lowest BCUT2D eigenvalue weighted by Gasteiger charge is -2.24. The molecule has 25 heavy (non-hydrogen) atoms. The van der Waals surface area contributed by atoms with E-state index in [1.165, 1.54) is 0 Å². The molecular formula is C18H21N7. The average molecular weight is 335 g/mol. The van der Waals surface area contributed by atoms with Crippen molar-refractivity contribution in [2.24, 2.45) is 11.8 Å². The van der Waals surface area contributed by atoms with Crippen LogP contribution in [0.5, 0.6) is 0 Å². The van der Waals surface area contributed by atoms with Crippen molar-refractivity contribution < 1.29 is 0 Å². The van der Waals surface area contributed by atoms with Crippen LogP contribution in [0.15, 0.2) is 24.9 Å². The van der Waals surface area contributed by atoms with E-state index in [-0.39, 0.29) is 0 Å². The third-order valence-electron chi connectivity index (χ3n) is 5.48. The number of aromatic nitrogens is 5. The second-order valence-corrected chi connectivity index (χ2v) is 7.27. The number of nitrogens with one attached hydrogen (secondary N) is 1. The van der Waals surface area contributed by atoms with Gasteiger partial charge in [-0.2, -0.15) is 0 Å². The second kappa shape index (κ2) is 5.40. The maximum absolute atomic E-state index is 4.57. The summed E-state index contributed by atoms with van der Waals surface area (Å²) in [4.78, 5) is 25.8. The van der Waals surface area contributed by atoms with Gasteiger partial charge in [-0.05, 0) is 19.9 Å². The van der Waals surface area contributed by atoms with Crippen LogP contribution in [0.4, 0.5) is 11.6 Å². The number of aryl methyl sites for hydroxylation is 2. The first kappa shape index (κ1) is 14.6. The van der Waals surface area contributed by atoms with Crippen LogP contribution in [0.3, 0.4) is 0 Å². The fourth-order valence-corrected chi connectivity index (χ4v) is 4.36. The molecule has 3 aromatic rings. The van der Waals surface area contributed by atoms with Crippen LogP contribution in [-0.2, 0) is 0 Å². The minimum absolute atomic E-state index is 0.649. The van der Waals surface area contributed by atoms with Gasteiger partial charge in [0.1, 0.15) is 24.0 Å². The van der Waals surface area contributed by atoms with Gasteiger partial charge in [-0.1, -0.05) is 0 Å². The Morgan fingerprint density at radius 2 is 1.60 bits per heavy atom. The normalized spacial score (nSPS) is 22.8. The zero-order valence-corrected chi connectivity index (χ0v) is 14.5. The van der Waals surface area contributed by atoms with Gasteiger partial charge in [0, 0.05) is 55.5 Å². The Hall–Kier alpha value is -2.70. The molecule has 2 aliphatic rings. The number of fused-ring (bicyclic) bond motifs is 2. The number of anilines is 2. The number of hydrogen-bond acceptors (Lipinski definition) is 6. The summed E-state index contributed by atoms with van der Waals surface area (Å²) < 4.78 is 0. The van der Waals surface area contributed by atoms with Crippen molar-refractivity contribution in [3.63, 3.8) is 0 Å². The molecule has 2 aliphatic heterocycles. The van der Waals surface area contributed by atoms with Gasteiger partial charge in [0.25, 0.3) is 0 Å². The molecular weight excluding hydrogens is 314 g/mol. The van der Waals surface area contributed by atoms with Crippen molar-refractivity contribution in [2.45, 2.75) is 13.8 Å². The van der Waals surface area contributed by atoms with E-state index in [4.69, 9.17) is 0 Å². The highest BCUT2D eigenvalue weighted by Crippen LogP contribution is 2.37. The lowest BCUT2D eigenvalue weighted by Crippen LogP contribution is -2.30. The van der Waals surface area contributed by atoms with Gasteiger partial charge in [-0.3, -0.25) is 0 Å². The molecule has 0 bridgehead atoms. The van der Waals surface area contributed by atoms with Gasteiger partial charge in [0.05, 0.1) is 5.52 Å². The molecule has 2 fully saturated rings. The standard InChI is InChI=1S/C18H21N7/c1-11-4-19-9-21-17(11)24-5-13-7-25(8-14(13)6-24)18-16-15(20-10-22-18)3-12(2)23-16/h3-4,9-10,13-14,23H,5-8H2,1-2H3. The van der Waals surface area contributed by atoms with Gasteiger partial charge in [0.2, 0.25) is 0 Å². The van der Waals surface area contributed by atoms with Gasteiger partial charge in [-0.25, -0.2) is 19.9 Å². The third-order valence-corrected chi connectivity index (χ3v) is 5.48. The molecule has 128 valence electrons. The zero-order valence-electron chi connectivity index (χ0n) is 14.5. The zero-order chi connectivity index (χ0) is 17.0. The highest BCUT2D eigenvalue weighted by Gasteiger charge is 2.41. The molecule has 1 N–H and O–H groups in total. The minimum atomic E-state index is 0.649. The lowest BCUT2D eigenvalue weighted by atomic mass is 10.0. The molecule has 3 aromatic heterocycles. The number of hydrogen-bond donors (Lipinski definition) is 1. The average Bonchev–Trinajstić information content (AvgIpc) is 3.26. The van der Waals surface area contributed by atoms with Crippen molar-refractivity contribution in [1.82, 2.24) is 24.9 Å². The Morgan fingerprint density at radius 3 is 2.32 bits per heavy atom. The summed E-state index contributed by atoms with van der Waals surface area (Å²) in [6.45, 7) is 8.33. The first-order valence-corrected chi connectivity index (χ1v) is 8.76. The van der Waals surface area contributed by atoms with E-state index in [0.29, 0.717) is 11.8 Å². The van der Waals surface area contributed by atoms with Crippen LogP contribution in [0.25, 0.3) is 11.0 Å². The quantitative estimate of drug-likeness (QED) is 0.771. The number of H-pyrrole nitrogens is 1. The van der Waals surface area contributed by atoms with Gasteiger partial charge >= 0.3 is 0 Å². The Kier molecular flexibility index (Phi) is 3.16. The van der Waals surface area contributed by atoms with E-state index >= 15 is 0 Å². The summed E-state index contributed by atoms with van der Waals surface area (Å²) in [5.74, 6) is 3.42. The SMILES string of the molecule is Cc1cc2ncnc(N3CC4CN(c5ncncc5C)CC4C3)c2[nH]1. The number of rotatable bonds is 2.